The van der Waals surface area contributed by atoms with E-state index in [0.29, 0.717) is 10.0 Å². The molecule has 0 aromatic heterocycles. The normalized spacial score (nSPS) is 10.4. The van der Waals surface area contributed by atoms with Crippen molar-refractivity contribution in [3.8, 4) is 11.1 Å². The zero-order chi connectivity index (χ0) is 11.5. The van der Waals surface area contributed by atoms with Crippen LogP contribution in [-0.4, -0.2) is 0 Å². The van der Waals surface area contributed by atoms with Crippen LogP contribution in [0, 0.1) is 0 Å². The first kappa shape index (κ1) is 11.5. The summed E-state index contributed by atoms with van der Waals surface area (Å²) in [6, 6.07) is 14.0. The van der Waals surface area contributed by atoms with E-state index in [1.807, 2.05) is 12.1 Å². The van der Waals surface area contributed by atoms with E-state index >= 15 is 0 Å². The Kier molecular flexibility index (Phi) is 3.52. The maximum atomic E-state index is 6.18. The third-order valence-electron chi connectivity index (χ3n) is 2.58. The fraction of sp³-hybridized carbons (Fsp3) is 0.143. The van der Waals surface area contributed by atoms with E-state index in [1.54, 1.807) is 6.07 Å². The molecule has 82 valence electrons. The van der Waals surface area contributed by atoms with Gasteiger partial charge in [0.05, 0.1) is 0 Å². The molecule has 0 radical (unpaired) electrons. The number of aryl methyl sites for hydroxylation is 1. The Morgan fingerprint density at radius 2 is 1.81 bits per heavy atom. The molecule has 2 rings (SSSR count). The molecule has 0 spiro atoms. The molecule has 0 saturated carbocycles. The summed E-state index contributed by atoms with van der Waals surface area (Å²) in [5.41, 5.74) is 3.48. The Labute approximate surface area is 106 Å². The third-order valence-corrected chi connectivity index (χ3v) is 3.13. The zero-order valence-corrected chi connectivity index (χ0v) is 10.5. The van der Waals surface area contributed by atoms with Crippen molar-refractivity contribution in [2.45, 2.75) is 13.3 Å². The lowest BCUT2D eigenvalue weighted by Gasteiger charge is -2.06. The summed E-state index contributed by atoms with van der Waals surface area (Å²) in [4.78, 5) is 0. The summed E-state index contributed by atoms with van der Waals surface area (Å²) in [6.45, 7) is 2.14. The zero-order valence-electron chi connectivity index (χ0n) is 9.00. The lowest BCUT2D eigenvalue weighted by atomic mass is 10.0. The second-order valence-electron chi connectivity index (χ2n) is 3.68. The van der Waals surface area contributed by atoms with Crippen molar-refractivity contribution in [1.29, 1.82) is 0 Å². The quantitative estimate of drug-likeness (QED) is 0.686. The lowest BCUT2D eigenvalue weighted by molar-refractivity contribution is 1.14. The lowest BCUT2D eigenvalue weighted by Crippen LogP contribution is -1.83. The van der Waals surface area contributed by atoms with E-state index < -0.39 is 0 Å². The number of halogens is 2. The topological polar surface area (TPSA) is 0 Å². The number of hydrogen-bond acceptors (Lipinski definition) is 0. The van der Waals surface area contributed by atoms with Crippen LogP contribution >= 0.6 is 23.2 Å². The van der Waals surface area contributed by atoms with Gasteiger partial charge in [-0.1, -0.05) is 60.5 Å². The summed E-state index contributed by atoms with van der Waals surface area (Å²) in [5, 5.41) is 1.36. The average molecular weight is 251 g/mol. The monoisotopic (exact) mass is 250 g/mol. The molecule has 2 aromatic rings. The van der Waals surface area contributed by atoms with Crippen LogP contribution in [0.15, 0.2) is 42.5 Å². The van der Waals surface area contributed by atoms with Gasteiger partial charge in [0.25, 0.3) is 0 Å². The summed E-state index contributed by atoms with van der Waals surface area (Å²) in [7, 11) is 0. The molecule has 0 atom stereocenters. The Bertz CT molecular complexity index is 504. The standard InChI is InChI=1S/C14H12Cl2/c1-2-10-4-3-5-11(8-10)13-7-6-12(15)9-14(13)16/h3-9H,2H2,1H3. The fourth-order valence-corrected chi connectivity index (χ4v) is 2.20. The average Bonchev–Trinajstić information content (AvgIpc) is 2.29. The highest BCUT2D eigenvalue weighted by Gasteiger charge is 2.04. The Hall–Kier alpha value is -0.980. The van der Waals surface area contributed by atoms with Gasteiger partial charge in [0.1, 0.15) is 0 Å². The predicted molar refractivity (Wildman–Crippen MR) is 71.3 cm³/mol. The molecule has 0 saturated heterocycles. The minimum atomic E-state index is 0.667. The smallest absolute Gasteiger partial charge is 0.0499 e. The van der Waals surface area contributed by atoms with E-state index in [0.717, 1.165) is 17.5 Å². The van der Waals surface area contributed by atoms with Gasteiger partial charge in [-0.2, -0.15) is 0 Å². The Morgan fingerprint density at radius 1 is 1.00 bits per heavy atom. The maximum Gasteiger partial charge on any atom is 0.0499 e. The van der Waals surface area contributed by atoms with Crippen LogP contribution in [0.3, 0.4) is 0 Å². The van der Waals surface area contributed by atoms with E-state index in [4.69, 9.17) is 23.2 Å². The molecule has 2 aromatic carbocycles. The maximum absolute atomic E-state index is 6.18. The molecule has 0 heterocycles. The second kappa shape index (κ2) is 4.90. The summed E-state index contributed by atoms with van der Waals surface area (Å²) < 4.78 is 0. The Balaban J connectivity index is 2.49. The molecular weight excluding hydrogens is 239 g/mol. The molecule has 16 heavy (non-hydrogen) atoms. The number of benzene rings is 2. The molecule has 0 aliphatic carbocycles. The van der Waals surface area contributed by atoms with Crippen molar-refractivity contribution in [3.05, 3.63) is 58.1 Å². The van der Waals surface area contributed by atoms with Gasteiger partial charge in [0, 0.05) is 15.6 Å². The van der Waals surface area contributed by atoms with Gasteiger partial charge in [0.2, 0.25) is 0 Å². The molecule has 0 bridgehead atoms. The first-order valence-electron chi connectivity index (χ1n) is 5.25. The van der Waals surface area contributed by atoms with Crippen LogP contribution in [0.5, 0.6) is 0 Å². The molecule has 0 nitrogen and oxygen atoms in total. The van der Waals surface area contributed by atoms with Gasteiger partial charge < -0.3 is 0 Å². The van der Waals surface area contributed by atoms with Gasteiger partial charge in [-0.15, -0.1) is 0 Å². The minimum absolute atomic E-state index is 0.667. The highest BCUT2D eigenvalue weighted by molar-refractivity contribution is 6.36. The highest BCUT2D eigenvalue weighted by atomic mass is 35.5. The van der Waals surface area contributed by atoms with Gasteiger partial charge in [-0.3, -0.25) is 0 Å². The van der Waals surface area contributed by atoms with Crippen LogP contribution in [0.25, 0.3) is 11.1 Å². The van der Waals surface area contributed by atoms with Crippen molar-refractivity contribution in [1.82, 2.24) is 0 Å². The van der Waals surface area contributed by atoms with Gasteiger partial charge in [-0.25, -0.2) is 0 Å². The highest BCUT2D eigenvalue weighted by Crippen LogP contribution is 2.30. The van der Waals surface area contributed by atoms with Crippen molar-refractivity contribution < 1.29 is 0 Å². The van der Waals surface area contributed by atoms with E-state index in [1.165, 1.54) is 5.56 Å². The first-order chi connectivity index (χ1) is 7.70. The van der Waals surface area contributed by atoms with Crippen molar-refractivity contribution in [2.75, 3.05) is 0 Å². The number of hydrogen-bond donors (Lipinski definition) is 0. The van der Waals surface area contributed by atoms with Gasteiger partial charge >= 0.3 is 0 Å². The van der Waals surface area contributed by atoms with Crippen LogP contribution < -0.4 is 0 Å². The molecule has 0 aliphatic heterocycles. The van der Waals surface area contributed by atoms with E-state index in [9.17, 15) is 0 Å². The summed E-state index contributed by atoms with van der Waals surface area (Å²) in [5.74, 6) is 0. The van der Waals surface area contributed by atoms with Crippen LogP contribution in [0.2, 0.25) is 10.0 Å². The van der Waals surface area contributed by atoms with Crippen LogP contribution in [0.4, 0.5) is 0 Å². The van der Waals surface area contributed by atoms with Crippen molar-refractivity contribution in [3.63, 3.8) is 0 Å². The van der Waals surface area contributed by atoms with Gasteiger partial charge in [-0.05, 0) is 29.7 Å². The van der Waals surface area contributed by atoms with Crippen LogP contribution in [0.1, 0.15) is 12.5 Å². The summed E-state index contributed by atoms with van der Waals surface area (Å²) >= 11 is 12.1. The third kappa shape index (κ3) is 2.40. The van der Waals surface area contributed by atoms with Crippen molar-refractivity contribution >= 4 is 23.2 Å². The fourth-order valence-electron chi connectivity index (χ4n) is 1.68. The minimum Gasteiger partial charge on any atom is -0.0843 e. The van der Waals surface area contributed by atoms with E-state index in [-0.39, 0.29) is 0 Å². The SMILES string of the molecule is CCc1cccc(-c2ccc(Cl)cc2Cl)c1. The summed E-state index contributed by atoms with van der Waals surface area (Å²) in [6.07, 6.45) is 1.03. The molecule has 0 amide bonds. The molecule has 2 heteroatoms. The van der Waals surface area contributed by atoms with E-state index in [2.05, 4.69) is 31.2 Å². The van der Waals surface area contributed by atoms with Gasteiger partial charge in [0.15, 0.2) is 0 Å². The molecular formula is C14H12Cl2. The Morgan fingerprint density at radius 3 is 2.50 bits per heavy atom. The molecule has 0 fully saturated rings. The number of rotatable bonds is 2. The molecule has 0 N–H and O–H groups in total. The molecule has 0 unspecified atom stereocenters. The van der Waals surface area contributed by atoms with Crippen LogP contribution in [-0.2, 0) is 6.42 Å². The predicted octanol–water partition coefficient (Wildman–Crippen LogP) is 5.22. The van der Waals surface area contributed by atoms with Crippen molar-refractivity contribution in [2.24, 2.45) is 0 Å². The first-order valence-corrected chi connectivity index (χ1v) is 6.00. The molecule has 0 aliphatic rings. The largest absolute Gasteiger partial charge is 0.0843 e. The second-order valence-corrected chi connectivity index (χ2v) is 4.52.